The van der Waals surface area contributed by atoms with E-state index in [0.717, 1.165) is 26.2 Å². The van der Waals surface area contributed by atoms with Crippen molar-refractivity contribution in [3.8, 4) is 11.1 Å². The average Bonchev–Trinajstić information content (AvgIpc) is 3.35. The zero-order valence-corrected chi connectivity index (χ0v) is 28.2. The number of likely N-dealkylation sites (tertiary alicyclic amines) is 1. The van der Waals surface area contributed by atoms with Crippen LogP contribution in [0.3, 0.4) is 0 Å². The van der Waals surface area contributed by atoms with Gasteiger partial charge in [0.05, 0.1) is 12.1 Å². The van der Waals surface area contributed by atoms with E-state index in [2.05, 4.69) is 180 Å². The summed E-state index contributed by atoms with van der Waals surface area (Å²) in [6, 6.07) is 50.4. The summed E-state index contributed by atoms with van der Waals surface area (Å²) in [7, 11) is 0. The molecule has 10 rings (SSSR count). The maximum atomic E-state index is 2.81. The standard InChI is InChI=1S/C48H40N2/c1-3-15-36(16-4-1)47(49-29-38-21-11-19-35-20-12-22-39(30-49)44(35)38)48(37-17-5-2-6-18-37)50-31-40-27-25-33-13-7-9-23-42(33)45(40)46-41(32-50)28-26-34-14-8-10-24-43(34)46/h1-28,38,44,47-48H,29-32H2. The lowest BCUT2D eigenvalue weighted by molar-refractivity contribution is 0.0502. The van der Waals surface area contributed by atoms with Gasteiger partial charge in [-0.25, -0.2) is 0 Å². The second-order valence-corrected chi connectivity index (χ2v) is 14.5. The highest BCUT2D eigenvalue weighted by Gasteiger charge is 2.42. The fourth-order valence-electron chi connectivity index (χ4n) is 9.57. The van der Waals surface area contributed by atoms with Crippen LogP contribution >= 0.6 is 0 Å². The maximum Gasteiger partial charge on any atom is 0.0552 e. The molecule has 6 aromatic carbocycles. The third-order valence-electron chi connectivity index (χ3n) is 11.7. The lowest BCUT2D eigenvalue weighted by atomic mass is 9.71. The van der Waals surface area contributed by atoms with Gasteiger partial charge in [0.25, 0.3) is 0 Å². The highest BCUT2D eigenvalue weighted by Crippen LogP contribution is 2.49. The van der Waals surface area contributed by atoms with E-state index in [-0.39, 0.29) is 12.1 Å². The first-order valence-electron chi connectivity index (χ1n) is 18.2. The monoisotopic (exact) mass is 644 g/mol. The molecule has 4 atom stereocenters. The van der Waals surface area contributed by atoms with E-state index in [1.54, 1.807) is 0 Å². The van der Waals surface area contributed by atoms with Gasteiger partial charge in [-0.2, -0.15) is 0 Å². The fraction of sp³-hybridized carbons (Fsp3) is 0.167. The Morgan fingerprint density at radius 1 is 0.500 bits per heavy atom. The number of hydrogen-bond donors (Lipinski definition) is 0. The number of rotatable bonds is 5. The van der Waals surface area contributed by atoms with Gasteiger partial charge in [-0.15, -0.1) is 0 Å². The second-order valence-electron chi connectivity index (χ2n) is 14.5. The molecule has 50 heavy (non-hydrogen) atoms. The largest absolute Gasteiger partial charge is 0.290 e. The summed E-state index contributed by atoms with van der Waals surface area (Å²) in [5.74, 6) is 0.956. The SMILES string of the molecule is C1=CC2=CC=CC3CN(C(c4ccccc4)C(c4ccccc4)N4Cc5ccc6ccccc6c5-c5c(ccc6ccccc56)C4)CC(=C1)C23. The van der Waals surface area contributed by atoms with Crippen LogP contribution in [-0.2, 0) is 13.1 Å². The van der Waals surface area contributed by atoms with Crippen LogP contribution < -0.4 is 0 Å². The number of allylic oxidation sites excluding steroid dienone is 6. The zero-order valence-electron chi connectivity index (χ0n) is 28.2. The first kappa shape index (κ1) is 29.6. The zero-order chi connectivity index (χ0) is 33.0. The van der Waals surface area contributed by atoms with Gasteiger partial charge in [-0.1, -0.05) is 170 Å². The van der Waals surface area contributed by atoms with Crippen molar-refractivity contribution >= 4 is 21.5 Å². The van der Waals surface area contributed by atoms with Crippen LogP contribution in [0, 0.1) is 11.8 Å². The summed E-state index contributed by atoms with van der Waals surface area (Å²) in [6.45, 7) is 3.73. The molecule has 0 N–H and O–H groups in total. The van der Waals surface area contributed by atoms with Crippen LogP contribution in [0.15, 0.2) is 181 Å². The van der Waals surface area contributed by atoms with Gasteiger partial charge in [0, 0.05) is 38.0 Å². The number of hydrogen-bond acceptors (Lipinski definition) is 2. The molecule has 2 aliphatic carbocycles. The lowest BCUT2D eigenvalue weighted by Gasteiger charge is -2.49. The molecule has 0 bridgehead atoms. The van der Waals surface area contributed by atoms with Crippen LogP contribution in [0.25, 0.3) is 32.7 Å². The van der Waals surface area contributed by atoms with Gasteiger partial charge < -0.3 is 0 Å². The minimum absolute atomic E-state index is 0.120. The van der Waals surface area contributed by atoms with Gasteiger partial charge in [-0.3, -0.25) is 9.80 Å². The predicted octanol–water partition coefficient (Wildman–Crippen LogP) is 11.0. The van der Waals surface area contributed by atoms with Crippen LogP contribution in [0.1, 0.15) is 34.3 Å². The molecular formula is C48H40N2. The van der Waals surface area contributed by atoms with Gasteiger partial charge in [0.1, 0.15) is 0 Å². The van der Waals surface area contributed by atoms with Crippen molar-refractivity contribution in [2.45, 2.75) is 25.2 Å². The number of benzene rings is 6. The average molecular weight is 645 g/mol. The van der Waals surface area contributed by atoms with E-state index >= 15 is 0 Å². The summed E-state index contributed by atoms with van der Waals surface area (Å²) < 4.78 is 0. The summed E-state index contributed by atoms with van der Waals surface area (Å²) >= 11 is 0. The predicted molar refractivity (Wildman–Crippen MR) is 208 cm³/mol. The molecular weight excluding hydrogens is 605 g/mol. The Labute approximate surface area is 295 Å². The molecule has 1 saturated heterocycles. The lowest BCUT2D eigenvalue weighted by Crippen LogP contribution is -2.48. The third kappa shape index (κ3) is 4.94. The van der Waals surface area contributed by atoms with E-state index in [9.17, 15) is 0 Å². The Balaban J connectivity index is 1.18. The van der Waals surface area contributed by atoms with Crippen molar-refractivity contribution in [1.29, 1.82) is 0 Å². The molecule has 0 spiro atoms. The van der Waals surface area contributed by atoms with Gasteiger partial charge >= 0.3 is 0 Å². The van der Waals surface area contributed by atoms with Crippen LogP contribution in [0.4, 0.5) is 0 Å². The van der Waals surface area contributed by atoms with Crippen molar-refractivity contribution in [2.24, 2.45) is 11.8 Å². The highest BCUT2D eigenvalue weighted by atomic mass is 15.3. The maximum absolute atomic E-state index is 2.81. The Bertz CT molecular complexity index is 2280. The van der Waals surface area contributed by atoms with E-state index in [1.165, 1.54) is 66.1 Å². The van der Waals surface area contributed by atoms with Crippen molar-refractivity contribution < 1.29 is 0 Å². The normalized spacial score (nSPS) is 21.0. The number of nitrogens with zero attached hydrogens (tertiary/aromatic N) is 2. The topological polar surface area (TPSA) is 6.48 Å². The molecule has 0 saturated carbocycles. The quantitative estimate of drug-likeness (QED) is 0.184. The first-order chi connectivity index (χ1) is 24.8. The molecule has 2 aliphatic heterocycles. The van der Waals surface area contributed by atoms with E-state index < -0.39 is 0 Å². The molecule has 2 heteroatoms. The smallest absolute Gasteiger partial charge is 0.0552 e. The number of piperidine rings is 1. The van der Waals surface area contributed by atoms with Crippen molar-refractivity contribution in [2.75, 3.05) is 13.1 Å². The molecule has 4 unspecified atom stereocenters. The first-order valence-corrected chi connectivity index (χ1v) is 18.2. The minimum atomic E-state index is 0.120. The molecule has 0 aromatic heterocycles. The minimum Gasteiger partial charge on any atom is -0.290 e. The molecule has 242 valence electrons. The molecule has 6 aromatic rings. The Morgan fingerprint density at radius 2 is 1.06 bits per heavy atom. The summed E-state index contributed by atoms with van der Waals surface area (Å²) in [6.07, 6.45) is 14.1. The van der Waals surface area contributed by atoms with Crippen molar-refractivity contribution in [3.63, 3.8) is 0 Å². The van der Waals surface area contributed by atoms with Crippen molar-refractivity contribution in [1.82, 2.24) is 9.80 Å². The highest BCUT2D eigenvalue weighted by molar-refractivity contribution is 6.08. The Morgan fingerprint density at radius 3 is 1.68 bits per heavy atom. The van der Waals surface area contributed by atoms with E-state index in [1.807, 2.05) is 0 Å². The molecule has 0 amide bonds. The molecule has 1 fully saturated rings. The van der Waals surface area contributed by atoms with Crippen LogP contribution in [0.2, 0.25) is 0 Å². The van der Waals surface area contributed by atoms with Gasteiger partial charge in [0.2, 0.25) is 0 Å². The summed E-state index contributed by atoms with van der Waals surface area (Å²) in [5.41, 5.74) is 11.3. The van der Waals surface area contributed by atoms with Crippen LogP contribution in [-0.4, -0.2) is 22.9 Å². The molecule has 0 radical (unpaired) electrons. The fourth-order valence-corrected chi connectivity index (χ4v) is 9.57. The molecule has 2 heterocycles. The Hall–Kier alpha value is -5.28. The second kappa shape index (κ2) is 12.2. The number of fused-ring (bicyclic) bond motifs is 7. The molecule has 2 nitrogen and oxygen atoms in total. The third-order valence-corrected chi connectivity index (χ3v) is 11.7. The Kier molecular flexibility index (Phi) is 7.25. The van der Waals surface area contributed by atoms with E-state index in [4.69, 9.17) is 0 Å². The molecule has 4 aliphatic rings. The van der Waals surface area contributed by atoms with Crippen LogP contribution in [0.5, 0.6) is 0 Å². The van der Waals surface area contributed by atoms with Crippen molar-refractivity contribution in [3.05, 3.63) is 203 Å². The summed E-state index contributed by atoms with van der Waals surface area (Å²) in [5, 5.41) is 5.28. The van der Waals surface area contributed by atoms with Gasteiger partial charge in [-0.05, 0) is 66.1 Å². The van der Waals surface area contributed by atoms with Gasteiger partial charge in [0.15, 0.2) is 0 Å². The van der Waals surface area contributed by atoms with E-state index in [0.29, 0.717) is 11.8 Å². The summed E-state index contributed by atoms with van der Waals surface area (Å²) in [4.78, 5) is 5.60.